The zero-order chi connectivity index (χ0) is 19.2. The fraction of sp³-hybridized carbons (Fsp3) is 0.600. The Kier molecular flexibility index (Phi) is 11.7. The average molecular weight is 410 g/mol. The third-order valence-corrected chi connectivity index (χ3v) is 3.80. The van der Waals surface area contributed by atoms with E-state index in [2.05, 4.69) is 0 Å². The molecule has 26 heavy (non-hydrogen) atoms. The van der Waals surface area contributed by atoms with Crippen molar-refractivity contribution in [1.82, 2.24) is 0 Å². The van der Waals surface area contributed by atoms with Gasteiger partial charge in [0.15, 0.2) is 24.2 Å². The van der Waals surface area contributed by atoms with Gasteiger partial charge in [0.2, 0.25) is 10.8 Å². The lowest BCUT2D eigenvalue weighted by molar-refractivity contribution is -0.131. The molecule has 1 heterocycles. The summed E-state index contributed by atoms with van der Waals surface area (Å²) in [6.45, 7) is 1.11. The van der Waals surface area contributed by atoms with E-state index in [1.54, 1.807) is 14.2 Å². The molecule has 0 fully saturated rings. The maximum atomic E-state index is 11.5. The molecule has 1 aromatic heterocycles. The molecule has 0 saturated heterocycles. The van der Waals surface area contributed by atoms with Crippen molar-refractivity contribution in [2.45, 2.75) is 0 Å². The molecule has 0 radical (unpaired) electrons. The molecule has 1 rings (SSSR count). The number of hydrogen-bond acceptors (Lipinski definition) is 10. The minimum absolute atomic E-state index is 0.0504. The van der Waals surface area contributed by atoms with Crippen molar-refractivity contribution in [2.24, 2.45) is 0 Å². The van der Waals surface area contributed by atoms with Crippen molar-refractivity contribution in [1.29, 1.82) is 5.26 Å². The third-order valence-electron chi connectivity index (χ3n) is 2.65. The maximum absolute atomic E-state index is 11.5. The van der Waals surface area contributed by atoms with Crippen LogP contribution in [0.5, 0.6) is 16.6 Å². The number of ether oxygens (including phenoxy) is 7. The van der Waals surface area contributed by atoms with E-state index in [1.807, 2.05) is 6.07 Å². The molecule has 0 bridgehead atoms. The molecule has 0 aliphatic carbocycles. The minimum atomic E-state index is -0.689. The van der Waals surface area contributed by atoms with E-state index in [0.29, 0.717) is 26.4 Å². The maximum Gasteiger partial charge on any atom is 0.327 e. The quantitative estimate of drug-likeness (QED) is 0.196. The first-order valence-corrected chi connectivity index (χ1v) is 8.75. The number of alkyl halides is 1. The predicted octanol–water partition coefficient (Wildman–Crippen LogP) is 1.76. The van der Waals surface area contributed by atoms with Crippen molar-refractivity contribution >= 4 is 28.9 Å². The average Bonchev–Trinajstić information content (AvgIpc) is 2.97. The second-order valence-corrected chi connectivity index (χ2v) is 5.67. The number of thiophene rings is 1. The zero-order valence-corrected chi connectivity index (χ0v) is 16.0. The highest BCUT2D eigenvalue weighted by molar-refractivity contribution is 7.15. The number of rotatable bonds is 14. The van der Waals surface area contributed by atoms with Gasteiger partial charge < -0.3 is 33.2 Å². The number of esters is 1. The van der Waals surface area contributed by atoms with E-state index in [1.165, 1.54) is 0 Å². The Morgan fingerprint density at radius 2 is 1.62 bits per heavy atom. The van der Waals surface area contributed by atoms with Crippen molar-refractivity contribution in [3.05, 3.63) is 4.88 Å². The highest BCUT2D eigenvalue weighted by Crippen LogP contribution is 2.48. The Balaban J connectivity index is 2.84. The topological polar surface area (TPSA) is 105 Å². The van der Waals surface area contributed by atoms with Crippen LogP contribution in [-0.4, -0.2) is 66.1 Å². The van der Waals surface area contributed by atoms with Crippen LogP contribution in [0.25, 0.3) is 0 Å². The van der Waals surface area contributed by atoms with Gasteiger partial charge in [-0.15, -0.1) is 11.6 Å². The van der Waals surface area contributed by atoms with Gasteiger partial charge in [0.25, 0.3) is 0 Å². The monoisotopic (exact) mass is 409 g/mol. The number of carbonyl (C=O) groups excluding carboxylic acids is 1. The largest absolute Gasteiger partial charge is 0.461 e. The summed E-state index contributed by atoms with van der Waals surface area (Å²) in [6.07, 6.45) is 0. The highest BCUT2D eigenvalue weighted by Gasteiger charge is 2.25. The number of carbonyl (C=O) groups is 1. The third kappa shape index (κ3) is 7.74. The Bertz CT molecular complexity index is 589. The molecule has 0 amide bonds. The van der Waals surface area contributed by atoms with Gasteiger partial charge in [-0.05, 0) is 0 Å². The molecule has 0 aliphatic heterocycles. The Labute approximate surface area is 160 Å². The molecule has 0 atom stereocenters. The smallest absolute Gasteiger partial charge is 0.327 e. The minimum Gasteiger partial charge on any atom is -0.461 e. The van der Waals surface area contributed by atoms with Gasteiger partial charge in [0, 0.05) is 14.2 Å². The van der Waals surface area contributed by atoms with Gasteiger partial charge in [-0.3, -0.25) is 4.79 Å². The van der Waals surface area contributed by atoms with Gasteiger partial charge in [-0.2, -0.15) is 5.26 Å². The summed E-state index contributed by atoms with van der Waals surface area (Å²) in [7, 11) is 3.09. The molecule has 0 N–H and O–H groups in total. The van der Waals surface area contributed by atoms with Crippen LogP contribution in [-0.2, 0) is 23.7 Å². The summed E-state index contributed by atoms with van der Waals surface area (Å²) >= 11 is 6.34. The molecule has 0 spiro atoms. The second-order valence-electron chi connectivity index (χ2n) is 4.42. The number of methoxy groups -OCH3 is 2. The lowest BCUT2D eigenvalue weighted by atomic mass is 10.4. The SMILES string of the molecule is COCCOCOc1c(C#N)sc(OC(=O)CCl)c1OCOCCOC. The first-order chi connectivity index (χ1) is 12.7. The lowest BCUT2D eigenvalue weighted by Gasteiger charge is -2.11. The number of hydrogen-bond donors (Lipinski definition) is 0. The van der Waals surface area contributed by atoms with E-state index in [9.17, 15) is 10.1 Å². The Morgan fingerprint density at radius 3 is 2.12 bits per heavy atom. The first kappa shape index (κ1) is 22.4. The summed E-state index contributed by atoms with van der Waals surface area (Å²) in [6, 6.07) is 1.96. The van der Waals surface area contributed by atoms with Crippen LogP contribution in [0.2, 0.25) is 0 Å². The number of nitriles is 1. The highest BCUT2D eigenvalue weighted by atomic mass is 35.5. The standard InChI is InChI=1S/C15H20ClNO8S/c1-19-3-5-21-9-23-13-11(8-17)26-15(25-12(18)7-16)14(13)24-10-22-6-4-20-2/h3-7,9-10H2,1-2H3. The summed E-state index contributed by atoms with van der Waals surface area (Å²) in [5, 5.41) is 9.33. The Morgan fingerprint density at radius 1 is 1.04 bits per heavy atom. The summed E-state index contributed by atoms with van der Waals surface area (Å²) < 4.78 is 36.2. The van der Waals surface area contributed by atoms with Gasteiger partial charge in [0.05, 0.1) is 26.4 Å². The van der Waals surface area contributed by atoms with E-state index < -0.39 is 5.97 Å². The van der Waals surface area contributed by atoms with Crippen molar-refractivity contribution in [3.63, 3.8) is 0 Å². The molecular weight excluding hydrogens is 390 g/mol. The van der Waals surface area contributed by atoms with Crippen LogP contribution in [0.3, 0.4) is 0 Å². The lowest BCUT2D eigenvalue weighted by Crippen LogP contribution is -2.12. The fourth-order valence-corrected chi connectivity index (χ4v) is 2.42. The van der Waals surface area contributed by atoms with Crippen LogP contribution >= 0.6 is 22.9 Å². The van der Waals surface area contributed by atoms with Crippen LogP contribution in [0.4, 0.5) is 0 Å². The van der Waals surface area contributed by atoms with E-state index in [0.717, 1.165) is 11.3 Å². The summed E-state index contributed by atoms with van der Waals surface area (Å²) in [4.78, 5) is 11.6. The molecular formula is C15H20ClNO8S. The normalized spacial score (nSPS) is 10.4. The molecule has 0 aliphatic rings. The van der Waals surface area contributed by atoms with Gasteiger partial charge >= 0.3 is 5.97 Å². The van der Waals surface area contributed by atoms with Crippen LogP contribution in [0.15, 0.2) is 0 Å². The van der Waals surface area contributed by atoms with Crippen molar-refractivity contribution in [2.75, 3.05) is 60.1 Å². The fourth-order valence-electron chi connectivity index (χ4n) is 1.51. The molecule has 0 aromatic carbocycles. The number of nitrogens with zero attached hydrogens (tertiary/aromatic N) is 1. The molecule has 146 valence electrons. The second kappa shape index (κ2) is 13.6. The molecule has 1 aromatic rings. The van der Waals surface area contributed by atoms with E-state index >= 15 is 0 Å². The first-order valence-electron chi connectivity index (χ1n) is 7.40. The number of halogens is 1. The summed E-state index contributed by atoms with van der Waals surface area (Å²) in [5.41, 5.74) is 0. The predicted molar refractivity (Wildman–Crippen MR) is 92.0 cm³/mol. The van der Waals surface area contributed by atoms with Gasteiger partial charge in [-0.25, -0.2) is 0 Å². The van der Waals surface area contributed by atoms with Crippen LogP contribution in [0.1, 0.15) is 4.88 Å². The van der Waals surface area contributed by atoms with E-state index in [-0.39, 0.29) is 40.9 Å². The van der Waals surface area contributed by atoms with Crippen molar-refractivity contribution < 1.29 is 38.0 Å². The van der Waals surface area contributed by atoms with Crippen LogP contribution < -0.4 is 14.2 Å². The van der Waals surface area contributed by atoms with Crippen LogP contribution in [0, 0.1) is 11.3 Å². The molecule has 11 heteroatoms. The van der Waals surface area contributed by atoms with Gasteiger partial charge in [0.1, 0.15) is 11.9 Å². The van der Waals surface area contributed by atoms with E-state index in [4.69, 9.17) is 44.8 Å². The summed E-state index contributed by atoms with van der Waals surface area (Å²) in [5.74, 6) is -0.870. The zero-order valence-electron chi connectivity index (χ0n) is 14.4. The molecule has 0 saturated carbocycles. The molecule has 9 nitrogen and oxygen atoms in total. The molecule has 0 unspecified atom stereocenters. The van der Waals surface area contributed by atoms with Crippen molar-refractivity contribution in [3.8, 4) is 22.6 Å². The Hall–Kier alpha value is -1.61. The van der Waals surface area contributed by atoms with Gasteiger partial charge in [-0.1, -0.05) is 11.3 Å².